The molecule has 0 unspecified atom stereocenters. The van der Waals surface area contributed by atoms with Crippen molar-refractivity contribution in [2.45, 2.75) is 39.7 Å². The predicted molar refractivity (Wildman–Crippen MR) is 87.5 cm³/mol. The molecule has 0 saturated carbocycles. The number of hydrogen-bond acceptors (Lipinski definition) is 4. The highest BCUT2D eigenvalue weighted by Crippen LogP contribution is 2.17. The molecule has 0 aliphatic rings. The number of amides is 1. The first-order valence-electron chi connectivity index (χ1n) is 7.54. The monoisotopic (exact) mass is 315 g/mol. The van der Waals surface area contributed by atoms with Crippen molar-refractivity contribution in [3.8, 4) is 0 Å². The van der Waals surface area contributed by atoms with Crippen LogP contribution in [0.1, 0.15) is 48.4 Å². The molecule has 0 saturated heterocycles. The summed E-state index contributed by atoms with van der Waals surface area (Å²) < 4.78 is 10.2. The molecule has 0 aliphatic heterocycles. The Morgan fingerprint density at radius 2 is 1.74 bits per heavy atom. The van der Waals surface area contributed by atoms with E-state index in [1.165, 1.54) is 24.8 Å². The molecular formula is C18H21NO4. The van der Waals surface area contributed by atoms with E-state index in [2.05, 4.69) is 19.2 Å². The molecule has 2 aromatic rings. The fourth-order valence-corrected chi connectivity index (χ4v) is 2.07. The maximum atomic E-state index is 12.1. The second-order valence-electron chi connectivity index (χ2n) is 5.70. The zero-order valence-electron chi connectivity index (χ0n) is 13.8. The second kappa shape index (κ2) is 7.13. The quantitative estimate of drug-likeness (QED) is 0.850. The van der Waals surface area contributed by atoms with Gasteiger partial charge in [-0.25, -0.2) is 4.79 Å². The van der Waals surface area contributed by atoms with Crippen LogP contribution in [0.5, 0.6) is 0 Å². The minimum Gasteiger partial charge on any atom is -0.469 e. The number of furan rings is 1. The average molecular weight is 315 g/mol. The molecule has 0 fully saturated rings. The van der Waals surface area contributed by atoms with Gasteiger partial charge in [0.15, 0.2) is 6.10 Å². The third-order valence-corrected chi connectivity index (χ3v) is 3.58. The van der Waals surface area contributed by atoms with E-state index in [0.29, 0.717) is 22.9 Å². The maximum Gasteiger partial charge on any atom is 0.342 e. The standard InChI is InChI=1S/C18H21NO4/c1-11(2)14-5-7-15(8-6-14)19-17(20)13(4)23-18(21)16-9-10-22-12(16)3/h5-11,13H,1-4H3,(H,19,20)/t13-/m1/s1. The smallest absolute Gasteiger partial charge is 0.342 e. The number of hydrogen-bond donors (Lipinski definition) is 1. The van der Waals surface area contributed by atoms with Gasteiger partial charge in [-0.1, -0.05) is 26.0 Å². The van der Waals surface area contributed by atoms with Gasteiger partial charge in [0.05, 0.1) is 6.26 Å². The van der Waals surface area contributed by atoms with Crippen LogP contribution in [0.3, 0.4) is 0 Å². The molecule has 1 amide bonds. The minimum atomic E-state index is -0.901. The fourth-order valence-electron chi connectivity index (χ4n) is 2.07. The Labute approximate surface area is 135 Å². The molecule has 0 radical (unpaired) electrons. The van der Waals surface area contributed by atoms with Crippen molar-refractivity contribution in [1.29, 1.82) is 0 Å². The SMILES string of the molecule is Cc1occc1C(=O)O[C@H](C)C(=O)Nc1ccc(C(C)C)cc1. The van der Waals surface area contributed by atoms with Gasteiger partial charge in [-0.15, -0.1) is 0 Å². The van der Waals surface area contributed by atoms with Gasteiger partial charge >= 0.3 is 5.97 Å². The summed E-state index contributed by atoms with van der Waals surface area (Å²) in [5.41, 5.74) is 2.19. The van der Waals surface area contributed by atoms with Crippen LogP contribution in [0.15, 0.2) is 41.0 Å². The molecule has 0 aliphatic carbocycles. The summed E-state index contributed by atoms with van der Waals surface area (Å²) in [6, 6.07) is 9.12. The number of rotatable bonds is 5. The molecule has 122 valence electrons. The van der Waals surface area contributed by atoms with Gasteiger partial charge in [0.2, 0.25) is 0 Å². The van der Waals surface area contributed by atoms with E-state index in [1.807, 2.05) is 24.3 Å². The van der Waals surface area contributed by atoms with Crippen molar-refractivity contribution in [3.05, 3.63) is 53.5 Å². The van der Waals surface area contributed by atoms with Gasteiger partial charge < -0.3 is 14.5 Å². The van der Waals surface area contributed by atoms with E-state index in [0.717, 1.165) is 0 Å². The van der Waals surface area contributed by atoms with E-state index >= 15 is 0 Å². The zero-order valence-corrected chi connectivity index (χ0v) is 13.8. The lowest BCUT2D eigenvalue weighted by atomic mass is 10.0. The van der Waals surface area contributed by atoms with E-state index in [4.69, 9.17) is 9.15 Å². The van der Waals surface area contributed by atoms with Crippen molar-refractivity contribution in [2.75, 3.05) is 5.32 Å². The number of aryl methyl sites for hydroxylation is 1. The lowest BCUT2D eigenvalue weighted by molar-refractivity contribution is -0.123. The first-order valence-corrected chi connectivity index (χ1v) is 7.54. The first-order chi connectivity index (χ1) is 10.9. The third-order valence-electron chi connectivity index (χ3n) is 3.58. The molecule has 1 aromatic heterocycles. The summed E-state index contributed by atoms with van der Waals surface area (Å²) in [5, 5.41) is 2.73. The maximum absolute atomic E-state index is 12.1. The molecule has 1 N–H and O–H groups in total. The normalized spacial score (nSPS) is 12.0. The molecule has 1 heterocycles. The Kier molecular flexibility index (Phi) is 5.21. The van der Waals surface area contributed by atoms with Crippen LogP contribution in [0.4, 0.5) is 5.69 Å². The predicted octanol–water partition coefficient (Wildman–Crippen LogP) is 3.90. The van der Waals surface area contributed by atoms with Gasteiger partial charge in [-0.3, -0.25) is 4.79 Å². The topological polar surface area (TPSA) is 68.5 Å². The summed E-state index contributed by atoms with van der Waals surface area (Å²) in [6.07, 6.45) is 0.508. The van der Waals surface area contributed by atoms with Crippen molar-refractivity contribution in [1.82, 2.24) is 0 Å². The van der Waals surface area contributed by atoms with E-state index in [-0.39, 0.29) is 5.91 Å². The molecule has 23 heavy (non-hydrogen) atoms. The van der Waals surface area contributed by atoms with Gasteiger partial charge in [0, 0.05) is 5.69 Å². The number of esters is 1. The van der Waals surface area contributed by atoms with E-state index in [9.17, 15) is 9.59 Å². The second-order valence-corrected chi connectivity index (χ2v) is 5.70. The molecular weight excluding hydrogens is 294 g/mol. The van der Waals surface area contributed by atoms with Crippen LogP contribution in [0.2, 0.25) is 0 Å². The van der Waals surface area contributed by atoms with Gasteiger partial charge in [-0.2, -0.15) is 0 Å². The molecule has 0 spiro atoms. The van der Waals surface area contributed by atoms with Crippen LogP contribution in [0, 0.1) is 6.92 Å². The Hall–Kier alpha value is -2.56. The fraction of sp³-hybridized carbons (Fsp3) is 0.333. The highest BCUT2D eigenvalue weighted by molar-refractivity contribution is 5.97. The number of carbonyl (C=O) groups excluding carboxylic acids is 2. The Balaban J connectivity index is 1.94. The van der Waals surface area contributed by atoms with E-state index in [1.54, 1.807) is 6.92 Å². The molecule has 2 rings (SSSR count). The first kappa shape index (κ1) is 16.8. The average Bonchev–Trinajstić information content (AvgIpc) is 2.93. The third kappa shape index (κ3) is 4.22. The summed E-state index contributed by atoms with van der Waals surface area (Å²) in [5.74, 6) is -0.0597. The Morgan fingerprint density at radius 1 is 1.09 bits per heavy atom. The summed E-state index contributed by atoms with van der Waals surface area (Å²) >= 11 is 0. The summed E-state index contributed by atoms with van der Waals surface area (Å²) in [6.45, 7) is 7.41. The summed E-state index contributed by atoms with van der Waals surface area (Å²) in [4.78, 5) is 24.1. The molecule has 5 nitrogen and oxygen atoms in total. The highest BCUT2D eigenvalue weighted by atomic mass is 16.5. The minimum absolute atomic E-state index is 0.325. The van der Waals surface area contributed by atoms with Gasteiger partial charge in [0.25, 0.3) is 5.91 Å². The van der Waals surface area contributed by atoms with Crippen molar-refractivity contribution >= 4 is 17.6 Å². The largest absolute Gasteiger partial charge is 0.469 e. The number of benzene rings is 1. The van der Waals surface area contributed by atoms with Crippen molar-refractivity contribution < 1.29 is 18.7 Å². The molecule has 5 heteroatoms. The van der Waals surface area contributed by atoms with Crippen LogP contribution >= 0.6 is 0 Å². The molecule has 0 bridgehead atoms. The molecule has 1 aromatic carbocycles. The Bertz CT molecular complexity index is 685. The number of anilines is 1. The zero-order chi connectivity index (χ0) is 17.0. The van der Waals surface area contributed by atoms with Crippen LogP contribution in [-0.2, 0) is 9.53 Å². The van der Waals surface area contributed by atoms with Crippen LogP contribution in [0.25, 0.3) is 0 Å². The number of carbonyl (C=O) groups is 2. The number of ether oxygens (including phenoxy) is 1. The van der Waals surface area contributed by atoms with Crippen LogP contribution < -0.4 is 5.32 Å². The van der Waals surface area contributed by atoms with Gasteiger partial charge in [-0.05, 0) is 43.5 Å². The van der Waals surface area contributed by atoms with Crippen molar-refractivity contribution in [2.24, 2.45) is 0 Å². The van der Waals surface area contributed by atoms with Gasteiger partial charge in [0.1, 0.15) is 11.3 Å². The van der Waals surface area contributed by atoms with Crippen LogP contribution in [-0.4, -0.2) is 18.0 Å². The summed E-state index contributed by atoms with van der Waals surface area (Å²) in [7, 11) is 0. The highest BCUT2D eigenvalue weighted by Gasteiger charge is 2.21. The van der Waals surface area contributed by atoms with Crippen molar-refractivity contribution in [3.63, 3.8) is 0 Å². The Morgan fingerprint density at radius 3 is 2.26 bits per heavy atom. The lowest BCUT2D eigenvalue weighted by Gasteiger charge is -2.14. The number of nitrogens with one attached hydrogen (secondary N) is 1. The molecule has 1 atom stereocenters. The van der Waals surface area contributed by atoms with E-state index < -0.39 is 12.1 Å². The lowest BCUT2D eigenvalue weighted by Crippen LogP contribution is -2.30.